The summed E-state index contributed by atoms with van der Waals surface area (Å²) >= 11 is 5.84. The summed E-state index contributed by atoms with van der Waals surface area (Å²) in [4.78, 5) is 2.00. The molecule has 0 saturated heterocycles. The summed E-state index contributed by atoms with van der Waals surface area (Å²) in [6.07, 6.45) is 0. The minimum Gasteiger partial charge on any atom is -0.344 e. The summed E-state index contributed by atoms with van der Waals surface area (Å²) in [5, 5.41) is 0. The molecule has 2 rings (SSSR count). The molecule has 0 saturated carbocycles. The van der Waals surface area contributed by atoms with Gasteiger partial charge in [-0.25, -0.2) is 4.39 Å². The topological polar surface area (TPSA) is 3.24 Å². The standard InChI is InChI=1S/C14H13ClFN/c1-17(13-5-3-2-4-6-13)14-8-7-12(16)9-11(14)10-15/h2-9H,10H2,1H3. The van der Waals surface area contributed by atoms with Gasteiger partial charge in [0, 0.05) is 24.3 Å². The molecular weight excluding hydrogens is 237 g/mol. The van der Waals surface area contributed by atoms with Gasteiger partial charge in [-0.3, -0.25) is 0 Å². The second kappa shape index (κ2) is 5.19. The first-order valence-corrected chi connectivity index (χ1v) is 5.89. The largest absolute Gasteiger partial charge is 0.344 e. The first kappa shape index (κ1) is 11.9. The molecule has 0 atom stereocenters. The Kier molecular flexibility index (Phi) is 3.64. The molecule has 0 fully saturated rings. The number of nitrogens with zero attached hydrogens (tertiary/aromatic N) is 1. The van der Waals surface area contributed by atoms with Crippen LogP contribution in [-0.4, -0.2) is 7.05 Å². The van der Waals surface area contributed by atoms with E-state index < -0.39 is 0 Å². The Morgan fingerprint density at radius 2 is 1.82 bits per heavy atom. The number of benzene rings is 2. The van der Waals surface area contributed by atoms with Gasteiger partial charge < -0.3 is 4.90 Å². The third-order valence-electron chi connectivity index (χ3n) is 2.69. The quantitative estimate of drug-likeness (QED) is 0.732. The molecule has 0 aliphatic rings. The molecule has 2 aromatic rings. The first-order valence-electron chi connectivity index (χ1n) is 5.35. The third-order valence-corrected chi connectivity index (χ3v) is 2.98. The molecule has 88 valence electrons. The summed E-state index contributed by atoms with van der Waals surface area (Å²) in [6.45, 7) is 0. The average Bonchev–Trinajstić information content (AvgIpc) is 2.39. The highest BCUT2D eigenvalue weighted by atomic mass is 35.5. The molecule has 3 heteroatoms. The zero-order valence-electron chi connectivity index (χ0n) is 9.53. The SMILES string of the molecule is CN(c1ccccc1)c1ccc(F)cc1CCl. The maximum absolute atomic E-state index is 13.1. The fourth-order valence-corrected chi connectivity index (χ4v) is 1.99. The highest BCUT2D eigenvalue weighted by Gasteiger charge is 2.09. The summed E-state index contributed by atoms with van der Waals surface area (Å²) < 4.78 is 13.1. The van der Waals surface area contributed by atoms with Crippen molar-refractivity contribution < 1.29 is 4.39 Å². The van der Waals surface area contributed by atoms with Gasteiger partial charge >= 0.3 is 0 Å². The number of halogens is 2. The zero-order chi connectivity index (χ0) is 12.3. The lowest BCUT2D eigenvalue weighted by atomic mass is 10.1. The predicted octanol–water partition coefficient (Wildman–Crippen LogP) is 4.33. The van der Waals surface area contributed by atoms with Gasteiger partial charge in [-0.2, -0.15) is 0 Å². The van der Waals surface area contributed by atoms with Crippen molar-refractivity contribution in [1.29, 1.82) is 0 Å². The first-order chi connectivity index (χ1) is 8.22. The lowest BCUT2D eigenvalue weighted by molar-refractivity contribution is 0.626. The van der Waals surface area contributed by atoms with Gasteiger partial charge in [-0.05, 0) is 35.9 Å². The van der Waals surface area contributed by atoms with Gasteiger partial charge in [-0.1, -0.05) is 18.2 Å². The van der Waals surface area contributed by atoms with E-state index in [1.165, 1.54) is 12.1 Å². The van der Waals surface area contributed by atoms with Crippen molar-refractivity contribution in [1.82, 2.24) is 0 Å². The molecule has 0 bridgehead atoms. The van der Waals surface area contributed by atoms with Crippen LogP contribution in [0.25, 0.3) is 0 Å². The number of para-hydroxylation sites is 1. The van der Waals surface area contributed by atoms with E-state index in [1.54, 1.807) is 6.07 Å². The molecular formula is C14H13ClFN. The Morgan fingerprint density at radius 1 is 1.12 bits per heavy atom. The zero-order valence-corrected chi connectivity index (χ0v) is 10.3. The van der Waals surface area contributed by atoms with Crippen molar-refractivity contribution in [3.8, 4) is 0 Å². The molecule has 0 aromatic heterocycles. The van der Waals surface area contributed by atoms with Crippen molar-refractivity contribution >= 4 is 23.0 Å². The van der Waals surface area contributed by atoms with Crippen LogP contribution in [0.1, 0.15) is 5.56 Å². The van der Waals surface area contributed by atoms with E-state index in [9.17, 15) is 4.39 Å². The van der Waals surface area contributed by atoms with Crippen molar-refractivity contribution in [2.24, 2.45) is 0 Å². The van der Waals surface area contributed by atoms with Gasteiger partial charge in [0.05, 0.1) is 0 Å². The maximum Gasteiger partial charge on any atom is 0.123 e. The Labute approximate surface area is 105 Å². The normalized spacial score (nSPS) is 10.3. The van der Waals surface area contributed by atoms with Crippen molar-refractivity contribution in [3.05, 3.63) is 59.9 Å². The number of hydrogen-bond acceptors (Lipinski definition) is 1. The molecule has 0 aliphatic heterocycles. The highest BCUT2D eigenvalue weighted by molar-refractivity contribution is 6.17. The fourth-order valence-electron chi connectivity index (χ4n) is 1.78. The summed E-state index contributed by atoms with van der Waals surface area (Å²) in [5.74, 6) is 0.0374. The van der Waals surface area contributed by atoms with E-state index in [2.05, 4.69) is 0 Å². The minimum absolute atomic E-state index is 0.258. The molecule has 0 unspecified atom stereocenters. The lowest BCUT2D eigenvalue weighted by Gasteiger charge is -2.22. The second-order valence-corrected chi connectivity index (χ2v) is 4.07. The van der Waals surface area contributed by atoms with E-state index in [-0.39, 0.29) is 5.82 Å². The number of rotatable bonds is 3. The molecule has 0 spiro atoms. The van der Waals surface area contributed by atoms with Gasteiger partial charge in [-0.15, -0.1) is 11.6 Å². The highest BCUT2D eigenvalue weighted by Crippen LogP contribution is 2.28. The van der Waals surface area contributed by atoms with E-state index in [0.717, 1.165) is 16.9 Å². The number of anilines is 2. The molecule has 0 N–H and O–H groups in total. The van der Waals surface area contributed by atoms with Crippen molar-refractivity contribution in [2.45, 2.75) is 5.88 Å². The summed E-state index contributed by atoms with van der Waals surface area (Å²) in [6, 6.07) is 14.6. The van der Waals surface area contributed by atoms with Crippen LogP contribution in [0.5, 0.6) is 0 Å². The van der Waals surface area contributed by atoms with Crippen LogP contribution >= 0.6 is 11.6 Å². The number of hydrogen-bond donors (Lipinski definition) is 0. The van der Waals surface area contributed by atoms with Crippen LogP contribution in [0.2, 0.25) is 0 Å². The predicted molar refractivity (Wildman–Crippen MR) is 70.5 cm³/mol. The van der Waals surface area contributed by atoms with Crippen LogP contribution < -0.4 is 4.90 Å². The summed E-state index contributed by atoms with van der Waals surface area (Å²) in [7, 11) is 1.94. The van der Waals surface area contributed by atoms with Crippen molar-refractivity contribution in [3.63, 3.8) is 0 Å². The van der Waals surface area contributed by atoms with Gasteiger partial charge in [0.1, 0.15) is 5.82 Å². The molecule has 0 radical (unpaired) electrons. The molecule has 1 nitrogen and oxygen atoms in total. The lowest BCUT2D eigenvalue weighted by Crippen LogP contribution is -2.11. The van der Waals surface area contributed by atoms with Gasteiger partial charge in [0.25, 0.3) is 0 Å². The van der Waals surface area contributed by atoms with Crippen LogP contribution in [0.3, 0.4) is 0 Å². The molecule has 17 heavy (non-hydrogen) atoms. The second-order valence-electron chi connectivity index (χ2n) is 3.80. The van der Waals surface area contributed by atoms with Crippen LogP contribution in [0, 0.1) is 5.82 Å². The molecule has 0 heterocycles. The molecule has 2 aromatic carbocycles. The fraction of sp³-hybridized carbons (Fsp3) is 0.143. The maximum atomic E-state index is 13.1. The van der Waals surface area contributed by atoms with Crippen LogP contribution in [-0.2, 0) is 5.88 Å². The van der Waals surface area contributed by atoms with E-state index in [1.807, 2.05) is 42.3 Å². The smallest absolute Gasteiger partial charge is 0.123 e. The average molecular weight is 250 g/mol. The van der Waals surface area contributed by atoms with E-state index in [4.69, 9.17) is 11.6 Å². The van der Waals surface area contributed by atoms with Crippen LogP contribution in [0.15, 0.2) is 48.5 Å². The molecule has 0 aliphatic carbocycles. The monoisotopic (exact) mass is 249 g/mol. The van der Waals surface area contributed by atoms with Crippen molar-refractivity contribution in [2.75, 3.05) is 11.9 Å². The minimum atomic E-state index is -0.258. The Bertz CT molecular complexity index is 499. The third kappa shape index (κ3) is 2.59. The summed E-state index contributed by atoms with van der Waals surface area (Å²) in [5.41, 5.74) is 2.76. The molecule has 0 amide bonds. The van der Waals surface area contributed by atoms with E-state index >= 15 is 0 Å². The van der Waals surface area contributed by atoms with E-state index in [0.29, 0.717) is 5.88 Å². The van der Waals surface area contributed by atoms with Crippen LogP contribution in [0.4, 0.5) is 15.8 Å². The number of alkyl halides is 1. The Hall–Kier alpha value is -1.54. The van der Waals surface area contributed by atoms with Gasteiger partial charge in [0.15, 0.2) is 0 Å². The van der Waals surface area contributed by atoms with Gasteiger partial charge in [0.2, 0.25) is 0 Å². The Morgan fingerprint density at radius 3 is 2.47 bits per heavy atom. The Balaban J connectivity index is 2.40.